The lowest BCUT2D eigenvalue weighted by Crippen LogP contribution is -2.51. The predicted octanol–water partition coefficient (Wildman–Crippen LogP) is -0.547. The number of aliphatic hydroxyl groups excluding tert-OH is 1. The van der Waals surface area contributed by atoms with E-state index in [1.165, 1.54) is 23.5 Å². The van der Waals surface area contributed by atoms with E-state index in [9.17, 15) is 18.3 Å². The molecule has 1 aromatic rings. The Hall–Kier alpha value is -2.60. The largest absolute Gasteiger partial charge is 0.390 e. The third-order valence-electron chi connectivity index (χ3n) is 6.16. The number of likely N-dealkylation sites (N-methyl/N-ethyl adjacent to an activating group) is 1. The molecule has 11 heteroatoms. The van der Waals surface area contributed by atoms with Gasteiger partial charge < -0.3 is 15.7 Å². The van der Waals surface area contributed by atoms with Crippen LogP contribution in [0.1, 0.15) is 11.1 Å². The number of rotatable bonds is 11. The molecule has 1 aromatic carbocycles. The standard InChI is InChI=1S/C24H36N6O4S/c1-25-22(12-23(26-2)28-20-15-30(16-20)10-11-35(3,33)34)24(32)27-13-21(31)17-29-9-8-18-6-4-5-7-19(18)14-29/h4-7,12,20-21,25,31H,2,8-11,13-17H2,1,3H3,(H,27,32)/t21-/m0/s1. The van der Waals surface area contributed by atoms with Gasteiger partial charge in [-0.15, -0.1) is 0 Å². The summed E-state index contributed by atoms with van der Waals surface area (Å²) in [4.78, 5) is 25.3. The zero-order valence-corrected chi connectivity index (χ0v) is 21.3. The van der Waals surface area contributed by atoms with Crippen molar-refractivity contribution < 1.29 is 18.3 Å². The van der Waals surface area contributed by atoms with Crippen molar-refractivity contribution in [2.24, 2.45) is 9.98 Å². The maximum atomic E-state index is 12.6. The number of amides is 1. The first-order chi connectivity index (χ1) is 16.7. The summed E-state index contributed by atoms with van der Waals surface area (Å²) < 4.78 is 22.6. The number of aliphatic imine (C=N–C) groups is 2. The number of β-amino-alcohol motifs (C(OH)–C–C–N with tert-alkyl or cyclic N) is 1. The highest BCUT2D eigenvalue weighted by atomic mass is 32.2. The number of fused-ring (bicyclic) bond motifs is 1. The number of hydrogen-bond donors (Lipinski definition) is 3. The second-order valence-electron chi connectivity index (χ2n) is 9.11. The molecule has 0 spiro atoms. The number of likely N-dealkylation sites (tertiary alicyclic amines) is 1. The Morgan fingerprint density at radius 3 is 2.66 bits per heavy atom. The molecule has 1 saturated heterocycles. The average molecular weight is 505 g/mol. The Bertz CT molecular complexity index is 1070. The van der Waals surface area contributed by atoms with E-state index in [4.69, 9.17) is 0 Å². The van der Waals surface area contributed by atoms with Crippen LogP contribution in [0.5, 0.6) is 0 Å². The zero-order chi connectivity index (χ0) is 25.4. The molecule has 2 aliphatic heterocycles. The number of aliphatic hydroxyl groups is 1. The van der Waals surface area contributed by atoms with E-state index in [-0.39, 0.29) is 29.9 Å². The van der Waals surface area contributed by atoms with Gasteiger partial charge >= 0.3 is 0 Å². The Labute approximate surface area is 207 Å². The van der Waals surface area contributed by atoms with Crippen molar-refractivity contribution in [1.82, 2.24) is 20.4 Å². The van der Waals surface area contributed by atoms with Crippen LogP contribution in [0.3, 0.4) is 0 Å². The topological polar surface area (TPSA) is 127 Å². The van der Waals surface area contributed by atoms with Crippen LogP contribution in [0, 0.1) is 0 Å². The molecule has 0 unspecified atom stereocenters. The molecule has 0 bridgehead atoms. The van der Waals surface area contributed by atoms with Crippen LogP contribution in [-0.4, -0.2) is 112 Å². The first-order valence-electron chi connectivity index (χ1n) is 11.8. The molecular weight excluding hydrogens is 468 g/mol. The molecule has 0 aliphatic carbocycles. The Morgan fingerprint density at radius 1 is 1.29 bits per heavy atom. The summed E-state index contributed by atoms with van der Waals surface area (Å²) in [6.45, 7) is 7.56. The summed E-state index contributed by atoms with van der Waals surface area (Å²) in [7, 11) is -1.36. The van der Waals surface area contributed by atoms with Crippen molar-refractivity contribution in [2.75, 3.05) is 58.3 Å². The molecule has 10 nitrogen and oxygen atoms in total. The lowest BCUT2D eigenvalue weighted by atomic mass is 10.00. The molecule has 1 atom stereocenters. The summed E-state index contributed by atoms with van der Waals surface area (Å²) in [6.07, 6.45) is 3.01. The predicted molar refractivity (Wildman–Crippen MR) is 139 cm³/mol. The summed E-state index contributed by atoms with van der Waals surface area (Å²) in [5, 5.41) is 16.1. The second kappa shape index (κ2) is 12.4. The molecule has 2 aliphatic rings. The first kappa shape index (κ1) is 27.0. The van der Waals surface area contributed by atoms with Gasteiger partial charge in [0.25, 0.3) is 5.91 Å². The van der Waals surface area contributed by atoms with Gasteiger partial charge in [0.1, 0.15) is 21.4 Å². The smallest absolute Gasteiger partial charge is 0.267 e. The van der Waals surface area contributed by atoms with E-state index >= 15 is 0 Å². The minimum absolute atomic E-state index is 0.0241. The fourth-order valence-corrected chi connectivity index (χ4v) is 4.76. The Kier molecular flexibility index (Phi) is 9.55. The molecule has 2 heterocycles. The Morgan fingerprint density at radius 2 is 2.00 bits per heavy atom. The normalized spacial score (nSPS) is 18.9. The van der Waals surface area contributed by atoms with Crippen molar-refractivity contribution in [3.63, 3.8) is 0 Å². The number of nitrogens with one attached hydrogen (secondary N) is 2. The third-order valence-corrected chi connectivity index (χ3v) is 7.08. The molecule has 1 amide bonds. The van der Waals surface area contributed by atoms with Gasteiger partial charge in [0.15, 0.2) is 0 Å². The summed E-state index contributed by atoms with van der Waals surface area (Å²) in [5.74, 6) is 0.0803. The van der Waals surface area contributed by atoms with E-state index in [0.29, 0.717) is 32.0 Å². The monoisotopic (exact) mass is 504 g/mol. The molecule has 3 rings (SSSR count). The van der Waals surface area contributed by atoms with E-state index in [0.717, 1.165) is 19.5 Å². The average Bonchev–Trinajstić information content (AvgIpc) is 2.80. The molecule has 192 valence electrons. The first-order valence-corrected chi connectivity index (χ1v) is 13.8. The second-order valence-corrected chi connectivity index (χ2v) is 11.4. The van der Waals surface area contributed by atoms with Gasteiger partial charge in [0.2, 0.25) is 0 Å². The molecular formula is C24H36N6O4S. The molecule has 35 heavy (non-hydrogen) atoms. The van der Waals surface area contributed by atoms with E-state index < -0.39 is 15.9 Å². The fraction of sp³-hybridized carbons (Fsp3) is 0.542. The highest BCUT2D eigenvalue weighted by Crippen LogP contribution is 2.18. The Balaban J connectivity index is 1.46. The summed E-state index contributed by atoms with van der Waals surface area (Å²) in [6, 6.07) is 8.31. The van der Waals surface area contributed by atoms with Crippen LogP contribution in [0.4, 0.5) is 0 Å². The summed E-state index contributed by atoms with van der Waals surface area (Å²) >= 11 is 0. The number of nitrogens with zero attached hydrogens (tertiary/aromatic N) is 4. The molecule has 0 saturated carbocycles. The number of carbonyl (C=O) groups excluding carboxylic acids is 1. The number of amidine groups is 1. The number of benzene rings is 1. The summed E-state index contributed by atoms with van der Waals surface area (Å²) in [5.41, 5.74) is 2.90. The van der Waals surface area contributed by atoms with Crippen molar-refractivity contribution >= 4 is 28.3 Å². The number of sulfone groups is 1. The maximum absolute atomic E-state index is 12.6. The van der Waals surface area contributed by atoms with Crippen LogP contribution in [-0.2, 0) is 27.6 Å². The quantitative estimate of drug-likeness (QED) is 0.210. The SMILES string of the molecule is C=NC(C=C(NC)C(=O)NC[C@H](O)CN1CCc2ccccc2C1)=NC1CN(CCS(C)(=O)=O)C1. The van der Waals surface area contributed by atoms with Gasteiger partial charge in [0.05, 0.1) is 17.9 Å². The third kappa shape index (κ3) is 8.53. The fourth-order valence-electron chi connectivity index (χ4n) is 4.17. The molecule has 3 N–H and O–H groups in total. The van der Waals surface area contributed by atoms with Crippen molar-refractivity contribution in [1.29, 1.82) is 0 Å². The molecule has 0 aromatic heterocycles. The van der Waals surface area contributed by atoms with Gasteiger partial charge in [-0.1, -0.05) is 24.3 Å². The minimum atomic E-state index is -2.99. The van der Waals surface area contributed by atoms with Crippen LogP contribution in [0.15, 0.2) is 46.0 Å². The van der Waals surface area contributed by atoms with Crippen LogP contribution < -0.4 is 10.6 Å². The highest BCUT2D eigenvalue weighted by molar-refractivity contribution is 7.90. The molecule has 0 radical (unpaired) electrons. The lowest BCUT2D eigenvalue weighted by molar-refractivity contribution is -0.118. The maximum Gasteiger partial charge on any atom is 0.267 e. The van der Waals surface area contributed by atoms with Crippen molar-refractivity contribution in [3.8, 4) is 0 Å². The van der Waals surface area contributed by atoms with Crippen molar-refractivity contribution in [2.45, 2.75) is 25.1 Å². The van der Waals surface area contributed by atoms with E-state index in [1.807, 2.05) is 17.0 Å². The van der Waals surface area contributed by atoms with Gasteiger partial charge in [-0.3, -0.25) is 19.6 Å². The van der Waals surface area contributed by atoms with Gasteiger partial charge in [-0.25, -0.2) is 13.4 Å². The van der Waals surface area contributed by atoms with E-state index in [1.54, 1.807) is 7.05 Å². The molecule has 1 fully saturated rings. The minimum Gasteiger partial charge on any atom is -0.390 e. The lowest BCUT2D eigenvalue weighted by Gasteiger charge is -2.36. The van der Waals surface area contributed by atoms with Crippen molar-refractivity contribution in [3.05, 3.63) is 47.2 Å². The number of hydrogen-bond acceptors (Lipinski definition) is 8. The number of carbonyl (C=O) groups is 1. The van der Waals surface area contributed by atoms with E-state index in [2.05, 4.69) is 44.4 Å². The van der Waals surface area contributed by atoms with Crippen LogP contribution in [0.25, 0.3) is 0 Å². The van der Waals surface area contributed by atoms with Gasteiger partial charge in [-0.2, -0.15) is 0 Å². The van der Waals surface area contributed by atoms with Gasteiger partial charge in [-0.05, 0) is 24.3 Å². The zero-order valence-electron chi connectivity index (χ0n) is 20.5. The highest BCUT2D eigenvalue weighted by Gasteiger charge is 2.27. The van der Waals surface area contributed by atoms with Gasteiger partial charge in [0, 0.05) is 65.2 Å². The van der Waals surface area contributed by atoms with Crippen LogP contribution >= 0.6 is 0 Å². The van der Waals surface area contributed by atoms with Crippen LogP contribution in [0.2, 0.25) is 0 Å².